The minimum absolute atomic E-state index is 0.236. The predicted molar refractivity (Wildman–Crippen MR) is 99.9 cm³/mol. The zero-order chi connectivity index (χ0) is 16.5. The van der Waals surface area contributed by atoms with E-state index in [1.807, 2.05) is 23.1 Å². The fourth-order valence-corrected chi connectivity index (χ4v) is 5.10. The summed E-state index contributed by atoms with van der Waals surface area (Å²) in [5.41, 5.74) is 3.45. The highest BCUT2D eigenvalue weighted by Crippen LogP contribution is 2.34. The molecule has 0 saturated carbocycles. The summed E-state index contributed by atoms with van der Waals surface area (Å²) in [6.45, 7) is 3.96. The Morgan fingerprint density at radius 1 is 1.25 bits per heavy atom. The van der Waals surface area contributed by atoms with E-state index in [4.69, 9.17) is 0 Å². The van der Waals surface area contributed by atoms with Crippen LogP contribution in [0.25, 0.3) is 0 Å². The van der Waals surface area contributed by atoms with Gasteiger partial charge in [0.25, 0.3) is 5.91 Å². The minimum atomic E-state index is 0.236. The molecule has 4 heteroatoms. The fourth-order valence-electron chi connectivity index (χ4n) is 3.86. The SMILES string of the molecule is CC1CCc2c(C(=O)N3CCC(Nc4ccccc4)C3)csc2C1. The first-order chi connectivity index (χ1) is 11.7. The molecule has 1 aromatic carbocycles. The Balaban J connectivity index is 1.43. The van der Waals surface area contributed by atoms with E-state index < -0.39 is 0 Å². The van der Waals surface area contributed by atoms with Crippen molar-refractivity contribution < 1.29 is 4.79 Å². The average Bonchev–Trinajstić information content (AvgIpc) is 3.22. The summed E-state index contributed by atoms with van der Waals surface area (Å²) in [4.78, 5) is 16.4. The molecule has 0 radical (unpaired) electrons. The van der Waals surface area contributed by atoms with Crippen LogP contribution in [0.5, 0.6) is 0 Å². The minimum Gasteiger partial charge on any atom is -0.380 e. The second kappa shape index (κ2) is 6.60. The lowest BCUT2D eigenvalue weighted by Gasteiger charge is -2.21. The number of nitrogens with one attached hydrogen (secondary N) is 1. The first-order valence-corrected chi connectivity index (χ1v) is 9.79. The molecule has 1 aromatic heterocycles. The third-order valence-corrected chi connectivity index (χ3v) is 6.30. The summed E-state index contributed by atoms with van der Waals surface area (Å²) in [5, 5.41) is 5.65. The number of anilines is 1. The van der Waals surface area contributed by atoms with E-state index in [9.17, 15) is 4.79 Å². The van der Waals surface area contributed by atoms with Crippen molar-refractivity contribution in [2.75, 3.05) is 18.4 Å². The van der Waals surface area contributed by atoms with Crippen LogP contribution in [-0.4, -0.2) is 29.9 Å². The van der Waals surface area contributed by atoms with Crippen LogP contribution in [0, 0.1) is 5.92 Å². The maximum Gasteiger partial charge on any atom is 0.255 e. The number of hydrogen-bond donors (Lipinski definition) is 1. The van der Waals surface area contributed by atoms with E-state index >= 15 is 0 Å². The molecule has 1 N–H and O–H groups in total. The van der Waals surface area contributed by atoms with Gasteiger partial charge in [0.15, 0.2) is 0 Å². The van der Waals surface area contributed by atoms with Gasteiger partial charge in [0.1, 0.15) is 0 Å². The summed E-state index contributed by atoms with van der Waals surface area (Å²) in [6, 6.07) is 10.6. The lowest BCUT2D eigenvalue weighted by Crippen LogP contribution is -2.32. The third-order valence-electron chi connectivity index (χ3n) is 5.25. The summed E-state index contributed by atoms with van der Waals surface area (Å²) in [7, 11) is 0. The van der Waals surface area contributed by atoms with Crippen LogP contribution in [0.15, 0.2) is 35.7 Å². The van der Waals surface area contributed by atoms with E-state index in [2.05, 4.69) is 29.8 Å². The predicted octanol–water partition coefficient (Wildman–Crippen LogP) is 4.20. The molecule has 2 aromatic rings. The zero-order valence-corrected chi connectivity index (χ0v) is 14.9. The normalized spacial score (nSPS) is 23.1. The molecule has 1 aliphatic heterocycles. The smallest absolute Gasteiger partial charge is 0.255 e. The van der Waals surface area contributed by atoms with Crippen molar-refractivity contribution in [3.05, 3.63) is 51.7 Å². The first-order valence-electron chi connectivity index (χ1n) is 8.91. The number of hydrogen-bond acceptors (Lipinski definition) is 3. The molecular formula is C20H24N2OS. The fraction of sp³-hybridized carbons (Fsp3) is 0.450. The van der Waals surface area contributed by atoms with Gasteiger partial charge in [-0.2, -0.15) is 0 Å². The lowest BCUT2D eigenvalue weighted by atomic mass is 9.88. The molecule has 0 bridgehead atoms. The quantitative estimate of drug-likeness (QED) is 0.908. The van der Waals surface area contributed by atoms with Gasteiger partial charge in [-0.05, 0) is 49.3 Å². The van der Waals surface area contributed by atoms with Gasteiger partial charge in [0, 0.05) is 35.1 Å². The lowest BCUT2D eigenvalue weighted by molar-refractivity contribution is 0.0790. The third kappa shape index (κ3) is 3.07. The number of rotatable bonds is 3. The maximum absolute atomic E-state index is 13.0. The van der Waals surface area contributed by atoms with Crippen molar-refractivity contribution in [3.63, 3.8) is 0 Å². The van der Waals surface area contributed by atoms with Crippen molar-refractivity contribution >= 4 is 22.9 Å². The molecule has 24 heavy (non-hydrogen) atoms. The summed E-state index contributed by atoms with van der Waals surface area (Å²) in [6.07, 6.45) is 4.44. The summed E-state index contributed by atoms with van der Waals surface area (Å²) < 4.78 is 0. The number of nitrogens with zero attached hydrogens (tertiary/aromatic N) is 1. The van der Waals surface area contributed by atoms with Crippen molar-refractivity contribution in [2.45, 2.75) is 38.6 Å². The van der Waals surface area contributed by atoms with Crippen LogP contribution in [0.3, 0.4) is 0 Å². The number of benzene rings is 1. The molecule has 2 unspecified atom stereocenters. The van der Waals surface area contributed by atoms with E-state index in [1.165, 1.54) is 16.9 Å². The standard InChI is InChI=1S/C20H24N2OS/c1-14-7-8-17-18(13-24-19(17)11-14)20(23)22-10-9-16(12-22)21-15-5-3-2-4-6-15/h2-6,13-14,16,21H,7-12H2,1H3. The Morgan fingerprint density at radius 3 is 2.92 bits per heavy atom. The van der Waals surface area contributed by atoms with Crippen LogP contribution >= 0.6 is 11.3 Å². The summed E-state index contributed by atoms with van der Waals surface area (Å²) in [5.74, 6) is 0.991. The van der Waals surface area contributed by atoms with Gasteiger partial charge in [-0.1, -0.05) is 25.1 Å². The highest BCUT2D eigenvalue weighted by Gasteiger charge is 2.30. The van der Waals surface area contributed by atoms with E-state index in [1.54, 1.807) is 11.3 Å². The number of likely N-dealkylation sites (tertiary alicyclic amines) is 1. The average molecular weight is 340 g/mol. The Bertz CT molecular complexity index is 724. The number of amides is 1. The highest BCUT2D eigenvalue weighted by molar-refractivity contribution is 7.10. The number of fused-ring (bicyclic) bond motifs is 1. The molecule has 2 atom stereocenters. The Kier molecular flexibility index (Phi) is 4.31. The van der Waals surface area contributed by atoms with Crippen molar-refractivity contribution in [1.29, 1.82) is 0 Å². The Hall–Kier alpha value is -1.81. The largest absolute Gasteiger partial charge is 0.380 e. The van der Waals surface area contributed by atoms with Gasteiger partial charge < -0.3 is 10.2 Å². The van der Waals surface area contributed by atoms with Gasteiger partial charge in [-0.3, -0.25) is 4.79 Å². The molecule has 2 heterocycles. The van der Waals surface area contributed by atoms with Crippen LogP contribution in [0.1, 0.15) is 40.6 Å². The van der Waals surface area contributed by atoms with E-state index in [0.29, 0.717) is 6.04 Å². The van der Waals surface area contributed by atoms with Crippen LogP contribution in [-0.2, 0) is 12.8 Å². The van der Waals surface area contributed by atoms with Gasteiger partial charge in [-0.25, -0.2) is 0 Å². The molecule has 126 valence electrons. The number of carbonyl (C=O) groups excluding carboxylic acids is 1. The molecule has 0 spiro atoms. The molecule has 1 aliphatic carbocycles. The second-order valence-corrected chi connectivity index (χ2v) is 8.11. The molecule has 1 amide bonds. The van der Waals surface area contributed by atoms with Gasteiger partial charge in [0.2, 0.25) is 0 Å². The Morgan fingerprint density at radius 2 is 2.08 bits per heavy atom. The number of carbonyl (C=O) groups is 1. The second-order valence-electron chi connectivity index (χ2n) is 7.15. The van der Waals surface area contributed by atoms with Crippen LogP contribution in [0.2, 0.25) is 0 Å². The number of para-hydroxylation sites is 1. The summed E-state index contributed by atoms with van der Waals surface area (Å²) >= 11 is 1.78. The number of thiophene rings is 1. The first kappa shape index (κ1) is 15.7. The monoisotopic (exact) mass is 340 g/mol. The topological polar surface area (TPSA) is 32.3 Å². The maximum atomic E-state index is 13.0. The van der Waals surface area contributed by atoms with Gasteiger partial charge in [0.05, 0.1) is 5.56 Å². The van der Waals surface area contributed by atoms with Gasteiger partial charge >= 0.3 is 0 Å². The van der Waals surface area contributed by atoms with Gasteiger partial charge in [-0.15, -0.1) is 11.3 Å². The van der Waals surface area contributed by atoms with E-state index in [-0.39, 0.29) is 5.91 Å². The molecule has 1 fully saturated rings. The van der Waals surface area contributed by atoms with Crippen LogP contribution < -0.4 is 5.32 Å². The van der Waals surface area contributed by atoms with Crippen molar-refractivity contribution in [3.8, 4) is 0 Å². The highest BCUT2D eigenvalue weighted by atomic mass is 32.1. The Labute approximate surface area is 147 Å². The van der Waals surface area contributed by atoms with Crippen molar-refractivity contribution in [2.24, 2.45) is 5.92 Å². The molecule has 1 saturated heterocycles. The zero-order valence-electron chi connectivity index (χ0n) is 14.1. The van der Waals surface area contributed by atoms with E-state index in [0.717, 1.165) is 49.5 Å². The molecular weight excluding hydrogens is 316 g/mol. The van der Waals surface area contributed by atoms with Crippen molar-refractivity contribution in [1.82, 2.24) is 4.90 Å². The molecule has 4 rings (SSSR count). The molecule has 2 aliphatic rings. The van der Waals surface area contributed by atoms with Crippen LogP contribution in [0.4, 0.5) is 5.69 Å². The molecule has 3 nitrogen and oxygen atoms in total.